The first kappa shape index (κ1) is 17.9. The third kappa shape index (κ3) is 3.41. The Hall–Kier alpha value is -2.47. The number of fused-ring (bicyclic) bond motifs is 1. The number of hydrogen-bond donors (Lipinski definition) is 0. The van der Waals surface area contributed by atoms with Gasteiger partial charge >= 0.3 is 0 Å². The van der Waals surface area contributed by atoms with Crippen molar-refractivity contribution in [3.63, 3.8) is 0 Å². The summed E-state index contributed by atoms with van der Waals surface area (Å²) in [6.07, 6.45) is 3.57. The van der Waals surface area contributed by atoms with Crippen LogP contribution < -0.4 is 5.56 Å². The summed E-state index contributed by atoms with van der Waals surface area (Å²) in [6.45, 7) is 5.79. The highest BCUT2D eigenvalue weighted by Crippen LogP contribution is 2.35. The second-order valence-electron chi connectivity index (χ2n) is 7.34. The number of likely N-dealkylation sites (tertiary alicyclic amines) is 1. The van der Waals surface area contributed by atoms with E-state index in [1.165, 1.54) is 22.2 Å². The summed E-state index contributed by atoms with van der Waals surface area (Å²) in [5.41, 5.74) is 1.89. The average Bonchev–Trinajstić information content (AvgIpc) is 3.02. The lowest BCUT2D eigenvalue weighted by Gasteiger charge is -2.30. The van der Waals surface area contributed by atoms with Gasteiger partial charge in [0.1, 0.15) is 11.4 Å². The molecule has 0 N–H and O–H groups in total. The third-order valence-electron chi connectivity index (χ3n) is 5.40. The number of carbonyl (C=O) groups excluding carboxylic acids is 1. The first-order chi connectivity index (χ1) is 13.0. The Morgan fingerprint density at radius 3 is 2.63 bits per heavy atom. The molecule has 1 saturated heterocycles. The Bertz CT molecular complexity index is 1030. The van der Waals surface area contributed by atoms with Crippen molar-refractivity contribution in [2.24, 2.45) is 5.92 Å². The van der Waals surface area contributed by atoms with Gasteiger partial charge in [-0.2, -0.15) is 0 Å². The van der Waals surface area contributed by atoms with Gasteiger partial charge in [0.15, 0.2) is 0 Å². The fourth-order valence-electron chi connectivity index (χ4n) is 3.64. The lowest BCUT2D eigenvalue weighted by molar-refractivity contribution is -0.133. The summed E-state index contributed by atoms with van der Waals surface area (Å²) in [4.78, 5) is 33.8. The maximum atomic E-state index is 13.0. The molecule has 1 aromatic carbocycles. The van der Waals surface area contributed by atoms with E-state index in [-0.39, 0.29) is 18.0 Å². The van der Waals surface area contributed by atoms with Gasteiger partial charge in [0.2, 0.25) is 5.91 Å². The van der Waals surface area contributed by atoms with Crippen LogP contribution in [0.5, 0.6) is 0 Å². The molecule has 0 saturated carbocycles. The number of aryl methyl sites for hydroxylation is 1. The molecule has 0 unspecified atom stereocenters. The zero-order chi connectivity index (χ0) is 19.0. The zero-order valence-corrected chi connectivity index (χ0v) is 16.5. The number of nitrogens with zero attached hydrogens (tertiary/aromatic N) is 3. The van der Waals surface area contributed by atoms with Crippen LogP contribution in [-0.4, -0.2) is 33.4 Å². The fraction of sp³-hybridized carbons (Fsp3) is 0.381. The SMILES string of the molecule is Cc1c(-c2ccccc2)sc2ncn(CC(=O)N3CCC(C)CC3)c(=O)c12. The van der Waals surface area contributed by atoms with Crippen molar-refractivity contribution in [3.8, 4) is 10.4 Å². The molecule has 0 radical (unpaired) electrons. The van der Waals surface area contributed by atoms with E-state index >= 15 is 0 Å². The smallest absolute Gasteiger partial charge is 0.262 e. The fourth-order valence-corrected chi connectivity index (χ4v) is 4.79. The number of carbonyl (C=O) groups is 1. The van der Waals surface area contributed by atoms with Gasteiger partial charge in [0, 0.05) is 18.0 Å². The minimum atomic E-state index is -0.130. The van der Waals surface area contributed by atoms with Gasteiger partial charge in [-0.15, -0.1) is 11.3 Å². The number of rotatable bonds is 3. The van der Waals surface area contributed by atoms with E-state index in [0.717, 1.165) is 46.8 Å². The third-order valence-corrected chi connectivity index (χ3v) is 6.64. The maximum Gasteiger partial charge on any atom is 0.262 e. The highest BCUT2D eigenvalue weighted by Gasteiger charge is 2.22. The molecular weight excluding hydrogens is 358 g/mol. The van der Waals surface area contributed by atoms with Gasteiger partial charge in [-0.25, -0.2) is 4.98 Å². The van der Waals surface area contributed by atoms with Crippen LogP contribution in [-0.2, 0) is 11.3 Å². The minimum Gasteiger partial charge on any atom is -0.341 e. The molecule has 27 heavy (non-hydrogen) atoms. The minimum absolute atomic E-state index is 0.00122. The van der Waals surface area contributed by atoms with Crippen molar-refractivity contribution in [1.82, 2.24) is 14.5 Å². The van der Waals surface area contributed by atoms with Crippen LogP contribution in [0.25, 0.3) is 20.7 Å². The van der Waals surface area contributed by atoms with E-state index in [1.807, 2.05) is 42.2 Å². The Morgan fingerprint density at radius 1 is 1.22 bits per heavy atom. The van der Waals surface area contributed by atoms with Gasteiger partial charge in [-0.05, 0) is 36.8 Å². The van der Waals surface area contributed by atoms with Gasteiger partial charge in [0.25, 0.3) is 5.56 Å². The van der Waals surface area contributed by atoms with E-state index in [2.05, 4.69) is 11.9 Å². The van der Waals surface area contributed by atoms with Crippen molar-refractivity contribution >= 4 is 27.5 Å². The summed E-state index contributed by atoms with van der Waals surface area (Å²) >= 11 is 1.53. The number of benzene rings is 1. The Morgan fingerprint density at radius 2 is 1.93 bits per heavy atom. The van der Waals surface area contributed by atoms with Crippen LogP contribution >= 0.6 is 11.3 Å². The summed E-state index contributed by atoms with van der Waals surface area (Å²) in [7, 11) is 0. The quantitative estimate of drug-likeness (QED) is 0.695. The van der Waals surface area contributed by atoms with Crippen LogP contribution in [0.2, 0.25) is 0 Å². The predicted molar refractivity (Wildman–Crippen MR) is 109 cm³/mol. The van der Waals surface area contributed by atoms with Crippen LogP contribution in [0.15, 0.2) is 41.5 Å². The molecule has 4 rings (SSSR count). The van der Waals surface area contributed by atoms with Crippen LogP contribution in [0.3, 0.4) is 0 Å². The van der Waals surface area contributed by atoms with E-state index in [1.54, 1.807) is 0 Å². The summed E-state index contributed by atoms with van der Waals surface area (Å²) < 4.78 is 1.46. The molecule has 3 heterocycles. The summed E-state index contributed by atoms with van der Waals surface area (Å²) in [6, 6.07) is 10.0. The highest BCUT2D eigenvalue weighted by atomic mass is 32.1. The molecule has 0 bridgehead atoms. The molecule has 2 aromatic heterocycles. The highest BCUT2D eigenvalue weighted by molar-refractivity contribution is 7.22. The Balaban J connectivity index is 1.65. The molecule has 0 spiro atoms. The summed E-state index contributed by atoms with van der Waals surface area (Å²) in [5.74, 6) is 0.668. The predicted octanol–water partition coefficient (Wildman–Crippen LogP) is 3.69. The number of amides is 1. The van der Waals surface area contributed by atoms with Gasteiger partial charge < -0.3 is 4.90 Å². The van der Waals surface area contributed by atoms with Crippen LogP contribution in [0, 0.1) is 12.8 Å². The van der Waals surface area contributed by atoms with E-state index in [4.69, 9.17) is 0 Å². The van der Waals surface area contributed by atoms with Crippen molar-refractivity contribution in [2.75, 3.05) is 13.1 Å². The first-order valence-corrected chi connectivity index (χ1v) is 10.2. The molecule has 1 aliphatic heterocycles. The lowest BCUT2D eigenvalue weighted by Crippen LogP contribution is -2.41. The molecule has 1 aliphatic rings. The molecule has 1 amide bonds. The van der Waals surface area contributed by atoms with Gasteiger partial charge in [0.05, 0.1) is 11.7 Å². The number of thiophene rings is 1. The second kappa shape index (κ2) is 7.27. The largest absolute Gasteiger partial charge is 0.341 e. The van der Waals surface area contributed by atoms with Crippen LogP contribution in [0.1, 0.15) is 25.3 Å². The van der Waals surface area contributed by atoms with Crippen LogP contribution in [0.4, 0.5) is 0 Å². The molecular formula is C21H23N3O2S. The molecule has 0 aliphatic carbocycles. The van der Waals surface area contributed by atoms with Gasteiger partial charge in [-0.1, -0.05) is 37.3 Å². The molecule has 3 aromatic rings. The second-order valence-corrected chi connectivity index (χ2v) is 8.34. The number of piperidine rings is 1. The van der Waals surface area contributed by atoms with E-state index in [9.17, 15) is 9.59 Å². The van der Waals surface area contributed by atoms with Crippen molar-refractivity contribution in [1.29, 1.82) is 0 Å². The Labute approximate surface area is 162 Å². The topological polar surface area (TPSA) is 55.2 Å². The van der Waals surface area contributed by atoms with Gasteiger partial charge in [-0.3, -0.25) is 14.2 Å². The van der Waals surface area contributed by atoms with E-state index < -0.39 is 0 Å². The number of hydrogen-bond acceptors (Lipinski definition) is 4. The van der Waals surface area contributed by atoms with Crippen molar-refractivity contribution in [3.05, 3.63) is 52.6 Å². The lowest BCUT2D eigenvalue weighted by atomic mass is 9.99. The monoisotopic (exact) mass is 381 g/mol. The average molecular weight is 382 g/mol. The zero-order valence-electron chi connectivity index (χ0n) is 15.6. The normalized spacial score (nSPS) is 15.4. The molecule has 1 fully saturated rings. The summed E-state index contributed by atoms with van der Waals surface area (Å²) in [5, 5.41) is 0.626. The molecule has 0 atom stereocenters. The Kier molecular flexibility index (Phi) is 4.83. The van der Waals surface area contributed by atoms with Crippen molar-refractivity contribution in [2.45, 2.75) is 33.2 Å². The first-order valence-electron chi connectivity index (χ1n) is 9.36. The standard InChI is InChI=1S/C21H23N3O2S/c1-14-8-10-23(11-9-14)17(25)12-24-13-22-20-18(21(24)26)15(2)19(27-20)16-6-4-3-5-7-16/h3-7,13-14H,8-12H2,1-2H3. The molecule has 140 valence electrons. The molecule has 5 nitrogen and oxygen atoms in total. The van der Waals surface area contributed by atoms with E-state index in [0.29, 0.717) is 11.3 Å². The van der Waals surface area contributed by atoms with Crippen molar-refractivity contribution < 1.29 is 4.79 Å². The maximum absolute atomic E-state index is 13.0. The number of aromatic nitrogens is 2. The molecule has 6 heteroatoms.